The minimum atomic E-state index is 0.0342. The number of benzene rings is 1. The van der Waals surface area contributed by atoms with Gasteiger partial charge in [0.05, 0.1) is 0 Å². The van der Waals surface area contributed by atoms with Crippen molar-refractivity contribution in [2.75, 3.05) is 6.54 Å². The van der Waals surface area contributed by atoms with E-state index in [0.717, 1.165) is 24.8 Å². The first-order valence-corrected chi connectivity index (χ1v) is 8.60. The molecule has 128 valence electrons. The van der Waals surface area contributed by atoms with Gasteiger partial charge in [0, 0.05) is 36.0 Å². The van der Waals surface area contributed by atoms with Crippen LogP contribution in [0.2, 0.25) is 5.02 Å². The summed E-state index contributed by atoms with van der Waals surface area (Å²) in [6, 6.07) is 7.43. The first-order chi connectivity index (χ1) is 11.6. The lowest BCUT2D eigenvalue weighted by atomic mass is 10.00. The van der Waals surface area contributed by atoms with Crippen molar-refractivity contribution >= 4 is 17.5 Å². The van der Waals surface area contributed by atoms with E-state index in [1.807, 2.05) is 12.1 Å². The van der Waals surface area contributed by atoms with Crippen molar-refractivity contribution in [3.8, 4) is 11.4 Å². The predicted molar refractivity (Wildman–Crippen MR) is 91.4 cm³/mol. The molecule has 2 aromatic rings. The van der Waals surface area contributed by atoms with Crippen molar-refractivity contribution in [1.82, 2.24) is 15.5 Å². The molecule has 0 saturated heterocycles. The fraction of sp³-hybridized carbons (Fsp3) is 0.471. The summed E-state index contributed by atoms with van der Waals surface area (Å²) in [6.07, 6.45) is 4.18. The molecular formula is C17H21ClN4O2. The van der Waals surface area contributed by atoms with Gasteiger partial charge in [0.2, 0.25) is 17.6 Å². The van der Waals surface area contributed by atoms with Gasteiger partial charge in [-0.3, -0.25) is 4.79 Å². The van der Waals surface area contributed by atoms with Gasteiger partial charge in [0.15, 0.2) is 0 Å². The fourth-order valence-corrected chi connectivity index (χ4v) is 3.23. The van der Waals surface area contributed by atoms with Crippen molar-refractivity contribution in [1.29, 1.82) is 0 Å². The number of nitrogens with two attached hydrogens (primary N) is 1. The van der Waals surface area contributed by atoms with Crippen LogP contribution in [-0.2, 0) is 11.2 Å². The highest BCUT2D eigenvalue weighted by molar-refractivity contribution is 6.30. The first-order valence-electron chi connectivity index (χ1n) is 8.22. The third-order valence-corrected chi connectivity index (χ3v) is 4.61. The summed E-state index contributed by atoms with van der Waals surface area (Å²) in [4.78, 5) is 16.3. The molecule has 1 fully saturated rings. The van der Waals surface area contributed by atoms with Crippen molar-refractivity contribution in [2.45, 2.75) is 38.1 Å². The van der Waals surface area contributed by atoms with Crippen LogP contribution >= 0.6 is 11.6 Å². The average Bonchev–Trinajstić information content (AvgIpc) is 3.17. The Kier molecular flexibility index (Phi) is 5.48. The second kappa shape index (κ2) is 7.77. The van der Waals surface area contributed by atoms with Crippen molar-refractivity contribution in [3.63, 3.8) is 0 Å². The Balaban J connectivity index is 1.46. The molecule has 1 aliphatic carbocycles. The van der Waals surface area contributed by atoms with Gasteiger partial charge in [-0.1, -0.05) is 35.3 Å². The number of halogens is 1. The minimum Gasteiger partial charge on any atom is -0.356 e. The SMILES string of the molecule is N[C@@H]1CCC[C@H]1CC(=O)NCCc1nc(-c2cccc(Cl)c2)no1. The van der Waals surface area contributed by atoms with Gasteiger partial charge in [0.25, 0.3) is 0 Å². The van der Waals surface area contributed by atoms with Gasteiger partial charge < -0.3 is 15.6 Å². The molecule has 0 aliphatic heterocycles. The van der Waals surface area contributed by atoms with Gasteiger partial charge in [-0.05, 0) is 30.9 Å². The third-order valence-electron chi connectivity index (χ3n) is 4.38. The molecule has 3 N–H and O–H groups in total. The summed E-state index contributed by atoms with van der Waals surface area (Å²) >= 11 is 5.96. The quantitative estimate of drug-likeness (QED) is 0.836. The molecule has 0 radical (unpaired) electrons. The minimum absolute atomic E-state index is 0.0342. The first kappa shape index (κ1) is 16.9. The molecule has 3 rings (SSSR count). The summed E-state index contributed by atoms with van der Waals surface area (Å²) in [5, 5.41) is 7.46. The van der Waals surface area contributed by atoms with Crippen LogP contribution in [0.5, 0.6) is 0 Å². The lowest BCUT2D eigenvalue weighted by Gasteiger charge is -2.14. The number of aromatic nitrogens is 2. The Morgan fingerprint density at radius 1 is 1.42 bits per heavy atom. The van der Waals surface area contributed by atoms with Gasteiger partial charge in [-0.2, -0.15) is 4.98 Å². The molecule has 0 spiro atoms. The largest absolute Gasteiger partial charge is 0.356 e. The molecule has 1 amide bonds. The number of carbonyl (C=O) groups is 1. The summed E-state index contributed by atoms with van der Waals surface area (Å²) in [7, 11) is 0. The number of amides is 1. The van der Waals surface area contributed by atoms with Crippen molar-refractivity contribution < 1.29 is 9.32 Å². The maximum absolute atomic E-state index is 12.0. The molecular weight excluding hydrogens is 328 g/mol. The molecule has 0 bridgehead atoms. The maximum Gasteiger partial charge on any atom is 0.228 e. The number of nitrogens with one attached hydrogen (secondary N) is 1. The van der Waals surface area contributed by atoms with E-state index < -0.39 is 0 Å². The summed E-state index contributed by atoms with van der Waals surface area (Å²) in [6.45, 7) is 0.470. The van der Waals surface area contributed by atoms with E-state index in [4.69, 9.17) is 21.9 Å². The van der Waals surface area contributed by atoms with Crippen LogP contribution in [0.1, 0.15) is 31.6 Å². The van der Waals surface area contributed by atoms with Crippen LogP contribution in [0.4, 0.5) is 0 Å². The number of hydrogen-bond acceptors (Lipinski definition) is 5. The van der Waals surface area contributed by atoms with Gasteiger partial charge in [-0.25, -0.2) is 0 Å². The average molecular weight is 349 g/mol. The standard InChI is InChI=1S/C17H21ClN4O2/c18-13-5-1-4-12(9-13)17-21-16(24-22-17)7-8-20-15(23)10-11-3-2-6-14(11)19/h1,4-5,9,11,14H,2-3,6-8,10,19H2,(H,20,23)/t11-,14+/m0/s1. The lowest BCUT2D eigenvalue weighted by Crippen LogP contribution is -2.32. The van der Waals surface area contributed by atoms with Crippen LogP contribution in [-0.4, -0.2) is 28.6 Å². The van der Waals surface area contributed by atoms with E-state index in [2.05, 4.69) is 15.5 Å². The zero-order valence-electron chi connectivity index (χ0n) is 13.4. The number of hydrogen-bond donors (Lipinski definition) is 2. The van der Waals surface area contributed by atoms with Gasteiger partial charge in [-0.15, -0.1) is 0 Å². The Hall–Kier alpha value is -1.92. The maximum atomic E-state index is 12.0. The smallest absolute Gasteiger partial charge is 0.228 e. The molecule has 1 saturated carbocycles. The molecule has 1 aromatic heterocycles. The van der Waals surface area contributed by atoms with Crippen LogP contribution in [0.25, 0.3) is 11.4 Å². The van der Waals surface area contributed by atoms with Crippen LogP contribution in [0.15, 0.2) is 28.8 Å². The van der Waals surface area contributed by atoms with Crippen LogP contribution in [0.3, 0.4) is 0 Å². The number of rotatable bonds is 6. The zero-order valence-corrected chi connectivity index (χ0v) is 14.1. The normalized spacial score (nSPS) is 20.2. The molecule has 2 atom stereocenters. The highest BCUT2D eigenvalue weighted by Gasteiger charge is 2.25. The van der Waals surface area contributed by atoms with E-state index >= 15 is 0 Å². The number of nitrogens with zero attached hydrogens (tertiary/aromatic N) is 2. The Morgan fingerprint density at radius 2 is 2.29 bits per heavy atom. The van der Waals surface area contributed by atoms with E-state index in [-0.39, 0.29) is 11.9 Å². The van der Waals surface area contributed by atoms with E-state index in [9.17, 15) is 4.79 Å². The third kappa shape index (κ3) is 4.33. The Bertz CT molecular complexity index is 703. The topological polar surface area (TPSA) is 94.0 Å². The molecule has 6 nitrogen and oxygen atoms in total. The second-order valence-corrected chi connectivity index (χ2v) is 6.62. The van der Waals surface area contributed by atoms with Crippen molar-refractivity contribution in [2.24, 2.45) is 11.7 Å². The molecule has 0 unspecified atom stereocenters. The van der Waals surface area contributed by atoms with Gasteiger partial charge >= 0.3 is 0 Å². The van der Waals surface area contributed by atoms with Crippen molar-refractivity contribution in [3.05, 3.63) is 35.2 Å². The second-order valence-electron chi connectivity index (χ2n) is 6.18. The highest BCUT2D eigenvalue weighted by atomic mass is 35.5. The van der Waals surface area contributed by atoms with E-state index in [1.165, 1.54) is 0 Å². The zero-order chi connectivity index (χ0) is 16.9. The highest BCUT2D eigenvalue weighted by Crippen LogP contribution is 2.26. The predicted octanol–water partition coefficient (Wildman–Crippen LogP) is 2.57. The van der Waals surface area contributed by atoms with E-state index in [0.29, 0.717) is 42.0 Å². The Morgan fingerprint density at radius 3 is 3.04 bits per heavy atom. The van der Waals surface area contributed by atoms with Gasteiger partial charge in [0.1, 0.15) is 0 Å². The summed E-state index contributed by atoms with van der Waals surface area (Å²) in [5.74, 6) is 1.33. The Labute approximate surface area is 145 Å². The van der Waals surface area contributed by atoms with Crippen LogP contribution in [0, 0.1) is 5.92 Å². The number of carbonyl (C=O) groups excluding carboxylic acids is 1. The molecule has 1 aromatic carbocycles. The fourth-order valence-electron chi connectivity index (χ4n) is 3.04. The summed E-state index contributed by atoms with van der Waals surface area (Å²) < 4.78 is 5.22. The monoisotopic (exact) mass is 348 g/mol. The van der Waals surface area contributed by atoms with E-state index in [1.54, 1.807) is 12.1 Å². The molecule has 24 heavy (non-hydrogen) atoms. The lowest BCUT2D eigenvalue weighted by molar-refractivity contribution is -0.122. The summed E-state index contributed by atoms with van der Waals surface area (Å²) in [5.41, 5.74) is 6.80. The molecule has 7 heteroatoms. The van der Waals surface area contributed by atoms with Crippen LogP contribution < -0.4 is 11.1 Å². The molecule has 1 aliphatic rings. The molecule has 1 heterocycles.